The number of carboxylic acids is 1. The minimum Gasteiger partial charge on any atom is -0.481 e. The third kappa shape index (κ3) is 4.56. The van der Waals surface area contributed by atoms with Crippen molar-refractivity contribution in [3.63, 3.8) is 0 Å². The van der Waals surface area contributed by atoms with Crippen LogP contribution in [0.3, 0.4) is 0 Å². The SMILES string of the molecule is O=C(O)CCCCN1CCN(c2ccccc2)CC1. The van der Waals surface area contributed by atoms with Crippen LogP contribution < -0.4 is 4.90 Å². The number of anilines is 1. The van der Waals surface area contributed by atoms with Crippen LogP contribution >= 0.6 is 0 Å². The molecule has 4 nitrogen and oxygen atoms in total. The molecule has 104 valence electrons. The van der Waals surface area contributed by atoms with Gasteiger partial charge in [0, 0.05) is 38.3 Å². The number of nitrogens with zero attached hydrogens (tertiary/aromatic N) is 2. The maximum absolute atomic E-state index is 10.4. The van der Waals surface area contributed by atoms with Crippen LogP contribution in [0.5, 0.6) is 0 Å². The van der Waals surface area contributed by atoms with E-state index in [1.807, 2.05) is 6.07 Å². The van der Waals surface area contributed by atoms with Crippen LogP contribution in [0.15, 0.2) is 30.3 Å². The summed E-state index contributed by atoms with van der Waals surface area (Å²) in [4.78, 5) is 15.3. The minimum absolute atomic E-state index is 0.296. The lowest BCUT2D eigenvalue weighted by Gasteiger charge is -2.36. The first-order valence-electron chi connectivity index (χ1n) is 7.00. The first-order valence-corrected chi connectivity index (χ1v) is 7.00. The van der Waals surface area contributed by atoms with Crippen LogP contribution in [0.2, 0.25) is 0 Å². The Labute approximate surface area is 114 Å². The lowest BCUT2D eigenvalue weighted by Crippen LogP contribution is -2.46. The predicted octanol–water partition coefficient (Wildman–Crippen LogP) is 2.06. The molecule has 0 saturated carbocycles. The van der Waals surface area contributed by atoms with Gasteiger partial charge in [-0.3, -0.25) is 9.69 Å². The number of para-hydroxylation sites is 1. The van der Waals surface area contributed by atoms with Crippen LogP contribution in [0.1, 0.15) is 19.3 Å². The fourth-order valence-corrected chi connectivity index (χ4v) is 2.48. The number of carboxylic acid groups (broad SMARTS) is 1. The summed E-state index contributed by atoms with van der Waals surface area (Å²) in [6, 6.07) is 10.5. The van der Waals surface area contributed by atoms with Gasteiger partial charge in [0.05, 0.1) is 0 Å². The molecule has 1 saturated heterocycles. The normalized spacial score (nSPS) is 16.5. The van der Waals surface area contributed by atoms with Crippen molar-refractivity contribution in [2.75, 3.05) is 37.6 Å². The molecule has 0 spiro atoms. The van der Waals surface area contributed by atoms with E-state index in [2.05, 4.69) is 34.1 Å². The zero-order chi connectivity index (χ0) is 13.5. The fraction of sp³-hybridized carbons (Fsp3) is 0.533. The first-order chi connectivity index (χ1) is 9.25. The lowest BCUT2D eigenvalue weighted by atomic mass is 10.2. The van der Waals surface area contributed by atoms with E-state index in [1.54, 1.807) is 0 Å². The zero-order valence-electron chi connectivity index (χ0n) is 11.3. The summed E-state index contributed by atoms with van der Waals surface area (Å²) < 4.78 is 0. The number of piperazine rings is 1. The Morgan fingerprint density at radius 3 is 2.37 bits per heavy atom. The van der Waals surface area contributed by atoms with Gasteiger partial charge < -0.3 is 10.0 Å². The van der Waals surface area contributed by atoms with Gasteiger partial charge in [0.25, 0.3) is 0 Å². The highest BCUT2D eigenvalue weighted by atomic mass is 16.4. The molecule has 4 heteroatoms. The molecular formula is C15H22N2O2. The number of hydrogen-bond donors (Lipinski definition) is 1. The summed E-state index contributed by atoms with van der Waals surface area (Å²) in [5.41, 5.74) is 1.30. The highest BCUT2D eigenvalue weighted by molar-refractivity contribution is 5.66. The van der Waals surface area contributed by atoms with Gasteiger partial charge >= 0.3 is 5.97 Å². The molecule has 19 heavy (non-hydrogen) atoms. The molecule has 0 amide bonds. The highest BCUT2D eigenvalue weighted by Gasteiger charge is 2.16. The molecule has 0 atom stereocenters. The molecule has 0 aliphatic carbocycles. The molecule has 1 fully saturated rings. The van der Waals surface area contributed by atoms with E-state index in [9.17, 15) is 4.79 Å². The third-order valence-electron chi connectivity index (χ3n) is 3.61. The monoisotopic (exact) mass is 262 g/mol. The molecule has 1 heterocycles. The number of benzene rings is 1. The Balaban J connectivity index is 1.67. The van der Waals surface area contributed by atoms with E-state index in [4.69, 9.17) is 5.11 Å². The Hall–Kier alpha value is -1.55. The van der Waals surface area contributed by atoms with Crippen molar-refractivity contribution >= 4 is 11.7 Å². The number of carbonyl (C=O) groups is 1. The second-order valence-electron chi connectivity index (χ2n) is 5.02. The van der Waals surface area contributed by atoms with E-state index >= 15 is 0 Å². The van der Waals surface area contributed by atoms with Crippen molar-refractivity contribution in [3.05, 3.63) is 30.3 Å². The molecule has 1 aromatic rings. The van der Waals surface area contributed by atoms with E-state index in [1.165, 1.54) is 5.69 Å². The van der Waals surface area contributed by atoms with Gasteiger partial charge in [0.2, 0.25) is 0 Å². The van der Waals surface area contributed by atoms with E-state index in [0.717, 1.165) is 45.6 Å². The highest BCUT2D eigenvalue weighted by Crippen LogP contribution is 2.15. The standard InChI is InChI=1S/C15H22N2O2/c18-15(19)8-4-5-9-16-10-12-17(13-11-16)14-6-2-1-3-7-14/h1-3,6-7H,4-5,8-13H2,(H,18,19). The summed E-state index contributed by atoms with van der Waals surface area (Å²) in [6.45, 7) is 5.28. The first kappa shape index (κ1) is 13.9. The summed E-state index contributed by atoms with van der Waals surface area (Å²) in [7, 11) is 0. The Bertz CT molecular complexity index is 386. The Kier molecular flexibility index (Phi) is 5.21. The molecule has 0 bridgehead atoms. The van der Waals surface area contributed by atoms with Gasteiger partial charge in [-0.1, -0.05) is 18.2 Å². The molecule has 1 aliphatic heterocycles. The summed E-state index contributed by atoms with van der Waals surface area (Å²) in [6.07, 6.45) is 2.07. The van der Waals surface area contributed by atoms with Gasteiger partial charge in [0.15, 0.2) is 0 Å². The molecule has 0 radical (unpaired) electrons. The molecule has 1 N–H and O–H groups in total. The number of hydrogen-bond acceptors (Lipinski definition) is 3. The lowest BCUT2D eigenvalue weighted by molar-refractivity contribution is -0.137. The minimum atomic E-state index is -0.686. The van der Waals surface area contributed by atoms with E-state index in [0.29, 0.717) is 6.42 Å². The van der Waals surface area contributed by atoms with Gasteiger partial charge in [-0.15, -0.1) is 0 Å². The zero-order valence-corrected chi connectivity index (χ0v) is 11.3. The fourth-order valence-electron chi connectivity index (χ4n) is 2.48. The topological polar surface area (TPSA) is 43.8 Å². The van der Waals surface area contributed by atoms with Crippen molar-refractivity contribution in [1.82, 2.24) is 4.90 Å². The van der Waals surface area contributed by atoms with Gasteiger partial charge in [0.1, 0.15) is 0 Å². The molecule has 0 unspecified atom stereocenters. The second-order valence-corrected chi connectivity index (χ2v) is 5.02. The van der Waals surface area contributed by atoms with Crippen LogP contribution in [0, 0.1) is 0 Å². The van der Waals surface area contributed by atoms with Crippen molar-refractivity contribution in [2.45, 2.75) is 19.3 Å². The Morgan fingerprint density at radius 2 is 1.74 bits per heavy atom. The maximum atomic E-state index is 10.4. The third-order valence-corrected chi connectivity index (χ3v) is 3.61. The van der Waals surface area contributed by atoms with Crippen molar-refractivity contribution in [3.8, 4) is 0 Å². The van der Waals surface area contributed by atoms with Crippen molar-refractivity contribution < 1.29 is 9.90 Å². The van der Waals surface area contributed by atoms with E-state index in [-0.39, 0.29) is 0 Å². The Morgan fingerprint density at radius 1 is 1.05 bits per heavy atom. The molecule has 1 aromatic carbocycles. The van der Waals surface area contributed by atoms with Gasteiger partial charge in [-0.25, -0.2) is 0 Å². The quantitative estimate of drug-likeness (QED) is 0.797. The number of rotatable bonds is 6. The summed E-state index contributed by atoms with van der Waals surface area (Å²) in [5.74, 6) is -0.686. The number of unbranched alkanes of at least 4 members (excludes halogenated alkanes) is 1. The molecular weight excluding hydrogens is 240 g/mol. The average Bonchev–Trinajstić information content (AvgIpc) is 2.45. The van der Waals surface area contributed by atoms with E-state index < -0.39 is 5.97 Å². The van der Waals surface area contributed by atoms with Crippen LogP contribution in [0.25, 0.3) is 0 Å². The number of aliphatic carboxylic acids is 1. The van der Waals surface area contributed by atoms with Crippen LogP contribution in [-0.2, 0) is 4.79 Å². The van der Waals surface area contributed by atoms with Gasteiger partial charge in [-0.2, -0.15) is 0 Å². The maximum Gasteiger partial charge on any atom is 0.303 e. The average molecular weight is 262 g/mol. The smallest absolute Gasteiger partial charge is 0.303 e. The predicted molar refractivity (Wildman–Crippen MR) is 76.6 cm³/mol. The van der Waals surface area contributed by atoms with Crippen molar-refractivity contribution in [2.24, 2.45) is 0 Å². The largest absolute Gasteiger partial charge is 0.481 e. The van der Waals surface area contributed by atoms with Crippen LogP contribution in [-0.4, -0.2) is 48.7 Å². The molecule has 1 aliphatic rings. The summed E-state index contributed by atoms with van der Waals surface area (Å²) in [5, 5.41) is 8.59. The van der Waals surface area contributed by atoms with Crippen LogP contribution in [0.4, 0.5) is 5.69 Å². The second kappa shape index (κ2) is 7.14. The summed E-state index contributed by atoms with van der Waals surface area (Å²) >= 11 is 0. The molecule has 2 rings (SSSR count). The molecule has 0 aromatic heterocycles. The van der Waals surface area contributed by atoms with Gasteiger partial charge in [-0.05, 0) is 31.5 Å². The van der Waals surface area contributed by atoms with Crippen molar-refractivity contribution in [1.29, 1.82) is 0 Å².